The predicted molar refractivity (Wildman–Crippen MR) is 95.1 cm³/mol. The minimum atomic E-state index is -0.470. The van der Waals surface area contributed by atoms with Crippen LogP contribution in [0.1, 0.15) is 27.7 Å². The maximum absolute atomic E-state index is 14.1. The Morgan fingerprint density at radius 2 is 1.92 bits per heavy atom. The Hall–Kier alpha value is -3.06. The summed E-state index contributed by atoms with van der Waals surface area (Å²) < 4.78 is 19.3. The summed E-state index contributed by atoms with van der Waals surface area (Å²) in [5.41, 5.74) is 5.93. The lowest BCUT2D eigenvalue weighted by atomic mass is 9.94. The van der Waals surface area contributed by atoms with Crippen LogP contribution in [-0.4, -0.2) is 26.7 Å². The summed E-state index contributed by atoms with van der Waals surface area (Å²) in [6.07, 6.45) is 1.55. The molecule has 134 valence electrons. The number of halogens is 1. The topological polar surface area (TPSA) is 62.8 Å². The maximum atomic E-state index is 14.1. The SMILES string of the molecule is CONC1=CCN2c3c(cc(F)cc31)C(=O)NC2c1ccc(OC)cc1. The molecule has 2 aromatic rings. The van der Waals surface area contributed by atoms with Gasteiger partial charge >= 0.3 is 0 Å². The number of methoxy groups -OCH3 is 1. The number of hydrogen-bond acceptors (Lipinski definition) is 5. The minimum Gasteiger partial charge on any atom is -0.497 e. The Morgan fingerprint density at radius 1 is 1.19 bits per heavy atom. The van der Waals surface area contributed by atoms with Crippen LogP contribution in [0.2, 0.25) is 0 Å². The van der Waals surface area contributed by atoms with Gasteiger partial charge in [-0.05, 0) is 35.9 Å². The van der Waals surface area contributed by atoms with E-state index in [2.05, 4.69) is 10.8 Å². The third-order valence-electron chi connectivity index (χ3n) is 4.61. The second-order valence-corrected chi connectivity index (χ2v) is 6.08. The number of hydroxylamine groups is 1. The quantitative estimate of drug-likeness (QED) is 0.826. The van der Waals surface area contributed by atoms with Gasteiger partial charge in [-0.15, -0.1) is 0 Å². The van der Waals surface area contributed by atoms with Crippen molar-refractivity contribution >= 4 is 17.3 Å². The van der Waals surface area contributed by atoms with Crippen molar-refractivity contribution in [3.05, 3.63) is 65.0 Å². The van der Waals surface area contributed by atoms with Crippen LogP contribution in [0.3, 0.4) is 0 Å². The van der Waals surface area contributed by atoms with Gasteiger partial charge in [-0.1, -0.05) is 12.1 Å². The van der Waals surface area contributed by atoms with Gasteiger partial charge in [0.25, 0.3) is 5.91 Å². The van der Waals surface area contributed by atoms with E-state index < -0.39 is 5.82 Å². The normalized spacial score (nSPS) is 18.0. The molecule has 2 aliphatic rings. The van der Waals surface area contributed by atoms with Crippen LogP contribution < -0.4 is 20.4 Å². The first kappa shape index (κ1) is 16.4. The van der Waals surface area contributed by atoms with E-state index in [4.69, 9.17) is 9.57 Å². The van der Waals surface area contributed by atoms with Gasteiger partial charge in [-0.3, -0.25) is 15.1 Å². The van der Waals surface area contributed by atoms with Crippen LogP contribution >= 0.6 is 0 Å². The zero-order valence-electron chi connectivity index (χ0n) is 14.4. The van der Waals surface area contributed by atoms with Crippen LogP contribution in [-0.2, 0) is 4.84 Å². The summed E-state index contributed by atoms with van der Waals surface area (Å²) in [5, 5.41) is 2.96. The molecule has 0 saturated heterocycles. The van der Waals surface area contributed by atoms with Crippen molar-refractivity contribution in [2.24, 2.45) is 0 Å². The van der Waals surface area contributed by atoms with Crippen molar-refractivity contribution in [2.75, 3.05) is 25.7 Å². The molecule has 4 rings (SSSR count). The van der Waals surface area contributed by atoms with Gasteiger partial charge in [-0.25, -0.2) is 4.39 Å². The van der Waals surface area contributed by atoms with Crippen LogP contribution in [0.5, 0.6) is 5.75 Å². The maximum Gasteiger partial charge on any atom is 0.255 e. The van der Waals surface area contributed by atoms with E-state index in [9.17, 15) is 9.18 Å². The third-order valence-corrected chi connectivity index (χ3v) is 4.61. The number of nitrogens with zero attached hydrogens (tertiary/aromatic N) is 1. The Morgan fingerprint density at radius 3 is 2.62 bits per heavy atom. The number of anilines is 1. The van der Waals surface area contributed by atoms with E-state index >= 15 is 0 Å². The molecule has 2 aromatic carbocycles. The molecule has 1 amide bonds. The highest BCUT2D eigenvalue weighted by molar-refractivity contribution is 6.05. The highest BCUT2D eigenvalue weighted by atomic mass is 19.1. The predicted octanol–water partition coefficient (Wildman–Crippen LogP) is 2.59. The molecular weight excluding hydrogens is 337 g/mol. The first-order valence-electron chi connectivity index (χ1n) is 8.17. The molecule has 0 bridgehead atoms. The number of rotatable bonds is 4. The molecule has 0 fully saturated rings. The van der Waals surface area contributed by atoms with Gasteiger partial charge in [0.2, 0.25) is 0 Å². The zero-order chi connectivity index (χ0) is 18.3. The number of ether oxygens (including phenoxy) is 1. The molecule has 26 heavy (non-hydrogen) atoms. The second kappa shape index (κ2) is 6.34. The molecule has 1 atom stereocenters. The average molecular weight is 355 g/mol. The fourth-order valence-corrected chi connectivity index (χ4v) is 3.45. The van der Waals surface area contributed by atoms with Gasteiger partial charge in [0.15, 0.2) is 0 Å². The van der Waals surface area contributed by atoms with E-state index in [-0.39, 0.29) is 12.1 Å². The molecule has 2 heterocycles. The zero-order valence-corrected chi connectivity index (χ0v) is 14.4. The van der Waals surface area contributed by atoms with E-state index in [0.717, 1.165) is 11.3 Å². The minimum absolute atomic E-state index is 0.309. The number of carbonyl (C=O) groups excluding carboxylic acids is 1. The highest BCUT2D eigenvalue weighted by Crippen LogP contribution is 2.41. The van der Waals surface area contributed by atoms with Crippen molar-refractivity contribution in [3.8, 4) is 5.75 Å². The van der Waals surface area contributed by atoms with E-state index in [1.807, 2.05) is 35.2 Å². The average Bonchev–Trinajstić information content (AvgIpc) is 2.66. The lowest BCUT2D eigenvalue weighted by Gasteiger charge is -2.42. The molecule has 2 aliphatic heterocycles. The number of carbonyl (C=O) groups is 1. The fraction of sp³-hybridized carbons (Fsp3) is 0.211. The Kier molecular flexibility index (Phi) is 4.00. The summed E-state index contributed by atoms with van der Waals surface area (Å²) in [5.74, 6) is -0.0388. The number of nitrogens with one attached hydrogen (secondary N) is 2. The third kappa shape index (κ3) is 2.57. The molecule has 0 spiro atoms. The number of amides is 1. The molecule has 0 aromatic heterocycles. The monoisotopic (exact) mass is 355 g/mol. The summed E-state index contributed by atoms with van der Waals surface area (Å²) in [7, 11) is 3.10. The van der Waals surface area contributed by atoms with Crippen molar-refractivity contribution < 1.29 is 18.8 Å². The fourth-order valence-electron chi connectivity index (χ4n) is 3.45. The number of hydrogen-bond donors (Lipinski definition) is 2. The summed E-state index contributed by atoms with van der Waals surface area (Å²) in [4.78, 5) is 19.7. The second-order valence-electron chi connectivity index (χ2n) is 6.08. The Labute approximate surface area is 150 Å². The molecule has 6 nitrogen and oxygen atoms in total. The lowest BCUT2D eigenvalue weighted by Crippen LogP contribution is -2.48. The Bertz CT molecular complexity index is 896. The van der Waals surface area contributed by atoms with E-state index in [0.29, 0.717) is 29.1 Å². The lowest BCUT2D eigenvalue weighted by molar-refractivity contribution is 0.0926. The molecule has 0 radical (unpaired) electrons. The largest absolute Gasteiger partial charge is 0.497 e. The summed E-state index contributed by atoms with van der Waals surface area (Å²) in [6.45, 7) is 0.536. The van der Waals surface area contributed by atoms with Gasteiger partial charge in [0.1, 0.15) is 17.7 Å². The van der Waals surface area contributed by atoms with Gasteiger partial charge in [0.05, 0.1) is 31.2 Å². The molecule has 2 N–H and O–H groups in total. The van der Waals surface area contributed by atoms with E-state index in [1.54, 1.807) is 7.11 Å². The van der Waals surface area contributed by atoms with Crippen LogP contribution in [0, 0.1) is 5.82 Å². The van der Waals surface area contributed by atoms with Gasteiger partial charge < -0.3 is 15.0 Å². The molecule has 0 aliphatic carbocycles. The number of benzene rings is 2. The van der Waals surface area contributed by atoms with Crippen LogP contribution in [0.25, 0.3) is 5.70 Å². The standard InChI is InChI=1S/C19H18FN3O3/c1-25-13-5-3-11(4-6-13)18-21-19(24)15-10-12(20)9-14-16(22-26-2)7-8-23(18)17(14)15/h3-7,9-10,18,22H,8H2,1-2H3,(H,21,24). The van der Waals surface area contributed by atoms with Crippen molar-refractivity contribution in [2.45, 2.75) is 6.17 Å². The van der Waals surface area contributed by atoms with Crippen LogP contribution in [0.15, 0.2) is 42.5 Å². The first-order chi connectivity index (χ1) is 12.6. The smallest absolute Gasteiger partial charge is 0.255 e. The van der Waals surface area contributed by atoms with Gasteiger partial charge in [0, 0.05) is 12.1 Å². The Balaban J connectivity index is 1.82. The summed E-state index contributed by atoms with van der Waals surface area (Å²) >= 11 is 0. The van der Waals surface area contributed by atoms with Crippen molar-refractivity contribution in [3.63, 3.8) is 0 Å². The molecule has 7 heteroatoms. The molecular formula is C19H18FN3O3. The molecule has 1 unspecified atom stereocenters. The van der Waals surface area contributed by atoms with E-state index in [1.165, 1.54) is 19.2 Å². The van der Waals surface area contributed by atoms with Crippen molar-refractivity contribution in [1.29, 1.82) is 0 Å². The highest BCUT2D eigenvalue weighted by Gasteiger charge is 2.36. The molecule has 0 saturated carbocycles. The van der Waals surface area contributed by atoms with Crippen LogP contribution in [0.4, 0.5) is 10.1 Å². The first-order valence-corrected chi connectivity index (χ1v) is 8.17. The summed E-state index contributed by atoms with van der Waals surface area (Å²) in [6, 6.07) is 10.2. The van der Waals surface area contributed by atoms with Gasteiger partial charge in [-0.2, -0.15) is 0 Å². The van der Waals surface area contributed by atoms with Crippen molar-refractivity contribution in [1.82, 2.24) is 10.8 Å².